The number of carbonyl (C=O) groups is 1. The number of nitrogens with zero attached hydrogens (tertiary/aromatic N) is 3. The van der Waals surface area contributed by atoms with E-state index in [1.54, 1.807) is 0 Å². The molecule has 2 saturated heterocycles. The molecule has 0 bridgehead atoms. The van der Waals surface area contributed by atoms with Gasteiger partial charge in [0, 0.05) is 32.7 Å². The fourth-order valence-electron chi connectivity index (χ4n) is 3.71. The van der Waals surface area contributed by atoms with Gasteiger partial charge in [-0.05, 0) is 37.8 Å². The number of rotatable bonds is 4. The highest BCUT2D eigenvalue weighted by molar-refractivity contribution is 5.78. The Labute approximate surface area is 128 Å². The van der Waals surface area contributed by atoms with Crippen LogP contribution in [0, 0.1) is 11.8 Å². The molecule has 2 aliphatic rings. The standard InChI is InChI=1S/C16H31N3O2/c1-14-10-15(2)12-19(11-14)16(21)13-18-5-3-4-17(6-7-18)8-9-20/h14-15,20H,3-13H2,1-2H3. The summed E-state index contributed by atoms with van der Waals surface area (Å²) in [6.45, 7) is 11.8. The summed E-state index contributed by atoms with van der Waals surface area (Å²) < 4.78 is 0. The first kappa shape index (κ1) is 16.7. The maximum Gasteiger partial charge on any atom is 0.236 e. The van der Waals surface area contributed by atoms with Gasteiger partial charge in [-0.15, -0.1) is 0 Å². The maximum absolute atomic E-state index is 12.5. The monoisotopic (exact) mass is 297 g/mol. The van der Waals surface area contributed by atoms with E-state index in [1.807, 2.05) is 0 Å². The van der Waals surface area contributed by atoms with Gasteiger partial charge in [-0.1, -0.05) is 13.8 Å². The highest BCUT2D eigenvalue weighted by Crippen LogP contribution is 2.21. The maximum atomic E-state index is 12.5. The molecule has 0 saturated carbocycles. The summed E-state index contributed by atoms with van der Waals surface area (Å²) >= 11 is 0. The molecule has 2 atom stereocenters. The molecule has 0 radical (unpaired) electrons. The lowest BCUT2D eigenvalue weighted by molar-refractivity contribution is -0.135. The van der Waals surface area contributed by atoms with Gasteiger partial charge in [-0.3, -0.25) is 14.6 Å². The van der Waals surface area contributed by atoms with Crippen molar-refractivity contribution in [1.82, 2.24) is 14.7 Å². The van der Waals surface area contributed by atoms with E-state index in [9.17, 15) is 4.79 Å². The van der Waals surface area contributed by atoms with Crippen molar-refractivity contribution in [2.75, 3.05) is 59.0 Å². The summed E-state index contributed by atoms with van der Waals surface area (Å²) in [6.07, 6.45) is 2.32. The minimum atomic E-state index is 0.225. The fraction of sp³-hybridized carbons (Fsp3) is 0.938. The largest absolute Gasteiger partial charge is 0.395 e. The molecule has 21 heavy (non-hydrogen) atoms. The molecule has 2 rings (SSSR count). The van der Waals surface area contributed by atoms with Crippen LogP contribution < -0.4 is 0 Å². The van der Waals surface area contributed by atoms with Gasteiger partial charge in [0.15, 0.2) is 0 Å². The van der Waals surface area contributed by atoms with Crippen LogP contribution in [0.3, 0.4) is 0 Å². The number of aliphatic hydroxyl groups excluding tert-OH is 1. The topological polar surface area (TPSA) is 47.0 Å². The minimum Gasteiger partial charge on any atom is -0.395 e. The molecule has 2 fully saturated rings. The van der Waals surface area contributed by atoms with Gasteiger partial charge in [0.2, 0.25) is 5.91 Å². The molecule has 0 aromatic heterocycles. The molecule has 2 unspecified atom stereocenters. The Hall–Kier alpha value is -0.650. The minimum absolute atomic E-state index is 0.225. The molecule has 122 valence electrons. The van der Waals surface area contributed by atoms with Crippen LogP contribution in [-0.4, -0.2) is 84.7 Å². The Morgan fingerprint density at radius 3 is 2.33 bits per heavy atom. The van der Waals surface area contributed by atoms with E-state index in [0.717, 1.165) is 52.2 Å². The highest BCUT2D eigenvalue weighted by atomic mass is 16.3. The SMILES string of the molecule is CC1CC(C)CN(C(=O)CN2CCCN(CCO)CC2)C1. The van der Waals surface area contributed by atoms with Crippen LogP contribution in [0.25, 0.3) is 0 Å². The molecule has 0 spiro atoms. The molecule has 1 amide bonds. The van der Waals surface area contributed by atoms with Crippen LogP contribution in [0.1, 0.15) is 26.7 Å². The second-order valence-corrected chi connectivity index (χ2v) is 6.94. The zero-order valence-electron chi connectivity index (χ0n) is 13.6. The number of piperidine rings is 1. The zero-order chi connectivity index (χ0) is 15.2. The van der Waals surface area contributed by atoms with Crippen LogP contribution >= 0.6 is 0 Å². The predicted molar refractivity (Wildman–Crippen MR) is 84.1 cm³/mol. The van der Waals surface area contributed by atoms with Crippen molar-refractivity contribution in [2.24, 2.45) is 11.8 Å². The van der Waals surface area contributed by atoms with Gasteiger partial charge >= 0.3 is 0 Å². The number of amides is 1. The molecule has 2 heterocycles. The van der Waals surface area contributed by atoms with E-state index in [1.165, 1.54) is 6.42 Å². The highest BCUT2D eigenvalue weighted by Gasteiger charge is 2.26. The molecule has 2 aliphatic heterocycles. The summed E-state index contributed by atoms with van der Waals surface area (Å²) in [5.74, 6) is 1.55. The van der Waals surface area contributed by atoms with Crippen molar-refractivity contribution in [3.8, 4) is 0 Å². The first-order valence-electron chi connectivity index (χ1n) is 8.42. The van der Waals surface area contributed by atoms with E-state index in [0.29, 0.717) is 24.3 Å². The van der Waals surface area contributed by atoms with E-state index in [-0.39, 0.29) is 6.61 Å². The molecular weight excluding hydrogens is 266 g/mol. The number of aliphatic hydroxyl groups is 1. The van der Waals surface area contributed by atoms with E-state index >= 15 is 0 Å². The zero-order valence-corrected chi connectivity index (χ0v) is 13.6. The van der Waals surface area contributed by atoms with Crippen LogP contribution in [0.2, 0.25) is 0 Å². The van der Waals surface area contributed by atoms with Crippen molar-refractivity contribution >= 4 is 5.91 Å². The second kappa shape index (κ2) is 8.11. The van der Waals surface area contributed by atoms with Gasteiger partial charge in [0.1, 0.15) is 0 Å². The third-order valence-corrected chi connectivity index (χ3v) is 4.68. The summed E-state index contributed by atoms with van der Waals surface area (Å²) in [7, 11) is 0. The van der Waals surface area contributed by atoms with Crippen molar-refractivity contribution in [2.45, 2.75) is 26.7 Å². The smallest absolute Gasteiger partial charge is 0.236 e. The predicted octanol–water partition coefficient (Wildman–Crippen LogP) is 0.491. The Morgan fingerprint density at radius 2 is 1.67 bits per heavy atom. The van der Waals surface area contributed by atoms with Gasteiger partial charge < -0.3 is 10.0 Å². The Bertz CT molecular complexity index is 327. The van der Waals surface area contributed by atoms with Gasteiger partial charge in [0.25, 0.3) is 0 Å². The third kappa shape index (κ3) is 5.24. The fourth-order valence-corrected chi connectivity index (χ4v) is 3.71. The summed E-state index contributed by atoms with van der Waals surface area (Å²) in [5.41, 5.74) is 0. The molecule has 1 N–H and O–H groups in total. The average Bonchev–Trinajstić information content (AvgIpc) is 2.64. The van der Waals surface area contributed by atoms with E-state index < -0.39 is 0 Å². The van der Waals surface area contributed by atoms with Crippen molar-refractivity contribution in [3.63, 3.8) is 0 Å². The normalized spacial score (nSPS) is 29.4. The van der Waals surface area contributed by atoms with Crippen LogP contribution in [0.15, 0.2) is 0 Å². The number of β-amino-alcohol motifs (C(OH)–C–C–N with tert-alkyl or cyclic N) is 1. The van der Waals surface area contributed by atoms with Gasteiger partial charge in [-0.25, -0.2) is 0 Å². The molecule has 5 heteroatoms. The third-order valence-electron chi connectivity index (χ3n) is 4.68. The van der Waals surface area contributed by atoms with Crippen molar-refractivity contribution in [1.29, 1.82) is 0 Å². The second-order valence-electron chi connectivity index (χ2n) is 6.94. The number of hydrogen-bond donors (Lipinski definition) is 1. The van der Waals surface area contributed by atoms with E-state index in [2.05, 4.69) is 28.5 Å². The molecule has 0 aromatic rings. The Morgan fingerprint density at radius 1 is 1.05 bits per heavy atom. The van der Waals surface area contributed by atoms with Crippen LogP contribution in [0.5, 0.6) is 0 Å². The lowest BCUT2D eigenvalue weighted by atomic mass is 9.92. The average molecular weight is 297 g/mol. The Kier molecular flexibility index (Phi) is 6.45. The number of likely N-dealkylation sites (tertiary alicyclic amines) is 1. The first-order valence-corrected chi connectivity index (χ1v) is 8.42. The number of hydrogen-bond acceptors (Lipinski definition) is 4. The van der Waals surface area contributed by atoms with E-state index in [4.69, 9.17) is 5.11 Å². The summed E-state index contributed by atoms with van der Waals surface area (Å²) in [5, 5.41) is 9.03. The molecule has 5 nitrogen and oxygen atoms in total. The molecule has 0 aliphatic carbocycles. The number of carbonyl (C=O) groups excluding carboxylic acids is 1. The lowest BCUT2D eigenvalue weighted by Gasteiger charge is -2.36. The van der Waals surface area contributed by atoms with Crippen molar-refractivity contribution < 1.29 is 9.90 Å². The summed E-state index contributed by atoms with van der Waals surface area (Å²) in [4.78, 5) is 19.1. The van der Waals surface area contributed by atoms with Crippen LogP contribution in [-0.2, 0) is 4.79 Å². The molecule has 0 aromatic carbocycles. The molecular formula is C16H31N3O2. The quantitative estimate of drug-likeness (QED) is 0.820. The first-order chi connectivity index (χ1) is 10.1. The van der Waals surface area contributed by atoms with Gasteiger partial charge in [-0.2, -0.15) is 0 Å². The van der Waals surface area contributed by atoms with Gasteiger partial charge in [0.05, 0.1) is 13.2 Å². The van der Waals surface area contributed by atoms with Crippen molar-refractivity contribution in [3.05, 3.63) is 0 Å². The lowest BCUT2D eigenvalue weighted by Crippen LogP contribution is -2.47. The Balaban J connectivity index is 1.79. The van der Waals surface area contributed by atoms with Crippen LogP contribution in [0.4, 0.5) is 0 Å². The summed E-state index contributed by atoms with van der Waals surface area (Å²) in [6, 6.07) is 0.